The number of ether oxygens (including phenoxy) is 1. The zero-order valence-electron chi connectivity index (χ0n) is 8.74. The summed E-state index contributed by atoms with van der Waals surface area (Å²) in [6, 6.07) is 5.34. The molecule has 1 aromatic heterocycles. The average molecular weight is 238 g/mol. The molecule has 1 heterocycles. The largest absolute Gasteiger partial charge is 0.492 e. The quantitative estimate of drug-likeness (QED) is 0.820. The predicted octanol–water partition coefficient (Wildman–Crippen LogP) is 2.98. The monoisotopic (exact) mass is 237 g/mol. The molecular formula is C11H10ClN2O2. The van der Waals surface area contributed by atoms with Gasteiger partial charge in [0.1, 0.15) is 5.75 Å². The number of halogens is 1. The van der Waals surface area contributed by atoms with Crippen LogP contribution in [-0.2, 0) is 0 Å². The molecule has 0 saturated heterocycles. The van der Waals surface area contributed by atoms with Crippen molar-refractivity contribution in [2.24, 2.45) is 0 Å². The highest BCUT2D eigenvalue weighted by molar-refractivity contribution is 6.32. The van der Waals surface area contributed by atoms with Gasteiger partial charge in [0, 0.05) is 5.56 Å². The van der Waals surface area contributed by atoms with Crippen molar-refractivity contribution in [2.45, 2.75) is 13.3 Å². The summed E-state index contributed by atoms with van der Waals surface area (Å²) < 4.78 is 10.3. The minimum absolute atomic E-state index is 0.393. The fourth-order valence-corrected chi connectivity index (χ4v) is 1.47. The van der Waals surface area contributed by atoms with Gasteiger partial charge in [-0.15, -0.1) is 0 Å². The first-order valence-corrected chi connectivity index (χ1v) is 5.31. The van der Waals surface area contributed by atoms with Gasteiger partial charge in [-0.25, -0.2) is 0 Å². The molecule has 5 heteroatoms. The number of hydrogen-bond acceptors (Lipinski definition) is 4. The Morgan fingerprint density at radius 2 is 2.38 bits per heavy atom. The first-order valence-electron chi connectivity index (χ1n) is 4.93. The third kappa shape index (κ3) is 2.33. The average Bonchev–Trinajstić information content (AvgIpc) is 2.81. The topological polar surface area (TPSA) is 48.2 Å². The molecule has 0 aliphatic heterocycles. The van der Waals surface area contributed by atoms with Crippen LogP contribution in [0, 0.1) is 6.33 Å². The third-order valence-electron chi connectivity index (χ3n) is 1.97. The van der Waals surface area contributed by atoms with Crippen molar-refractivity contribution in [3.05, 3.63) is 29.5 Å². The molecule has 0 aliphatic carbocycles. The lowest BCUT2D eigenvalue weighted by Gasteiger charge is -2.06. The van der Waals surface area contributed by atoms with Crippen molar-refractivity contribution in [3.8, 4) is 17.2 Å². The minimum atomic E-state index is 0.393. The van der Waals surface area contributed by atoms with Crippen molar-refractivity contribution < 1.29 is 9.26 Å². The molecule has 16 heavy (non-hydrogen) atoms. The van der Waals surface area contributed by atoms with E-state index < -0.39 is 0 Å². The number of nitrogens with zero attached hydrogens (tertiary/aromatic N) is 2. The van der Waals surface area contributed by atoms with E-state index in [9.17, 15) is 0 Å². The van der Waals surface area contributed by atoms with Gasteiger partial charge in [-0.1, -0.05) is 23.7 Å². The molecule has 0 aliphatic rings. The molecular weight excluding hydrogens is 228 g/mol. The first-order chi connectivity index (χ1) is 7.81. The molecule has 0 unspecified atom stereocenters. The minimum Gasteiger partial charge on any atom is -0.492 e. The number of rotatable bonds is 4. The van der Waals surface area contributed by atoms with Crippen molar-refractivity contribution >= 4 is 11.6 Å². The highest BCUT2D eigenvalue weighted by Gasteiger charge is 2.08. The van der Waals surface area contributed by atoms with E-state index in [-0.39, 0.29) is 0 Å². The van der Waals surface area contributed by atoms with E-state index in [1.165, 1.54) is 0 Å². The summed E-state index contributed by atoms with van der Waals surface area (Å²) >= 11 is 6.06. The Labute approximate surface area is 98.2 Å². The van der Waals surface area contributed by atoms with Crippen LogP contribution in [0.25, 0.3) is 11.5 Å². The summed E-state index contributed by atoms with van der Waals surface area (Å²) in [5, 5.41) is 3.95. The molecule has 0 bridgehead atoms. The highest BCUT2D eigenvalue weighted by Crippen LogP contribution is 2.29. The van der Waals surface area contributed by atoms with Crippen LogP contribution in [0.1, 0.15) is 13.3 Å². The summed E-state index contributed by atoms with van der Waals surface area (Å²) in [6.45, 7) is 2.68. The molecule has 0 N–H and O–H groups in total. The smallest absolute Gasteiger partial charge is 0.258 e. The molecule has 0 fully saturated rings. The lowest BCUT2D eigenvalue weighted by atomic mass is 10.2. The molecule has 83 valence electrons. The molecule has 4 nitrogen and oxygen atoms in total. The Bertz CT molecular complexity index is 457. The van der Waals surface area contributed by atoms with Crippen molar-refractivity contribution in [3.63, 3.8) is 0 Å². The third-order valence-corrected chi connectivity index (χ3v) is 2.26. The van der Waals surface area contributed by atoms with Gasteiger partial charge >= 0.3 is 0 Å². The SMILES string of the molecule is CCCOc1ccc(-c2n[c]no2)cc1Cl. The molecule has 0 spiro atoms. The maximum atomic E-state index is 6.06. The lowest BCUT2D eigenvalue weighted by molar-refractivity contribution is 0.317. The Balaban J connectivity index is 2.23. The molecule has 2 aromatic rings. The van der Waals surface area contributed by atoms with Crippen LogP contribution in [0.5, 0.6) is 5.75 Å². The van der Waals surface area contributed by atoms with Crippen LogP contribution in [0.4, 0.5) is 0 Å². The fraction of sp³-hybridized carbons (Fsp3) is 0.273. The van der Waals surface area contributed by atoms with Crippen molar-refractivity contribution in [2.75, 3.05) is 6.61 Å². The van der Waals surface area contributed by atoms with Crippen LogP contribution in [-0.4, -0.2) is 16.7 Å². The van der Waals surface area contributed by atoms with E-state index in [0.29, 0.717) is 23.3 Å². The van der Waals surface area contributed by atoms with E-state index in [1.807, 2.05) is 13.0 Å². The zero-order chi connectivity index (χ0) is 11.4. The fourth-order valence-electron chi connectivity index (χ4n) is 1.23. The van der Waals surface area contributed by atoms with Crippen molar-refractivity contribution in [1.29, 1.82) is 0 Å². The van der Waals surface area contributed by atoms with Crippen LogP contribution >= 0.6 is 11.6 Å². The molecule has 0 saturated carbocycles. The normalized spacial score (nSPS) is 10.4. The summed E-state index contributed by atoms with van der Waals surface area (Å²) in [5.74, 6) is 1.06. The van der Waals surface area contributed by atoms with Gasteiger partial charge in [-0.05, 0) is 24.6 Å². The number of aromatic nitrogens is 2. The van der Waals surface area contributed by atoms with Gasteiger partial charge in [-0.2, -0.15) is 4.98 Å². The molecule has 1 radical (unpaired) electrons. The van der Waals surface area contributed by atoms with Gasteiger partial charge in [0.05, 0.1) is 11.6 Å². The van der Waals surface area contributed by atoms with Gasteiger partial charge in [-0.3, -0.25) is 0 Å². The Hall–Kier alpha value is -1.55. The van der Waals surface area contributed by atoms with Crippen LogP contribution in [0.3, 0.4) is 0 Å². The van der Waals surface area contributed by atoms with Crippen LogP contribution in [0.2, 0.25) is 5.02 Å². The Kier molecular flexibility index (Phi) is 3.41. The van der Waals surface area contributed by atoms with Gasteiger partial charge in [0.15, 0.2) is 0 Å². The van der Waals surface area contributed by atoms with E-state index in [4.69, 9.17) is 20.9 Å². The van der Waals surface area contributed by atoms with Gasteiger partial charge in [0.25, 0.3) is 5.89 Å². The first kappa shape index (κ1) is 11.0. The summed E-state index contributed by atoms with van der Waals surface area (Å²) in [7, 11) is 0. The van der Waals surface area contributed by atoms with E-state index in [0.717, 1.165) is 12.0 Å². The summed E-state index contributed by atoms with van der Waals surface area (Å²) in [6.07, 6.45) is 3.30. The maximum Gasteiger partial charge on any atom is 0.258 e. The second kappa shape index (κ2) is 4.99. The Morgan fingerprint density at radius 1 is 1.50 bits per heavy atom. The standard InChI is InChI=1S/C11H10ClN2O2/c1-2-5-15-10-4-3-8(6-9(10)12)11-13-7-14-16-11/h3-4,6H,2,5H2,1H3. The van der Waals surface area contributed by atoms with Crippen LogP contribution in [0.15, 0.2) is 22.7 Å². The van der Waals surface area contributed by atoms with Gasteiger partial charge < -0.3 is 9.26 Å². The predicted molar refractivity (Wildman–Crippen MR) is 59.4 cm³/mol. The second-order valence-corrected chi connectivity index (χ2v) is 3.60. The molecule has 0 amide bonds. The molecule has 2 rings (SSSR count). The summed E-state index contributed by atoms with van der Waals surface area (Å²) in [4.78, 5) is 3.82. The molecule has 0 atom stereocenters. The van der Waals surface area contributed by atoms with E-state index in [2.05, 4.69) is 16.5 Å². The number of hydrogen-bond donors (Lipinski definition) is 0. The number of benzene rings is 1. The lowest BCUT2D eigenvalue weighted by Crippen LogP contribution is -1.95. The maximum absolute atomic E-state index is 6.06. The Morgan fingerprint density at radius 3 is 3.00 bits per heavy atom. The highest BCUT2D eigenvalue weighted by atomic mass is 35.5. The van der Waals surface area contributed by atoms with Gasteiger partial charge in [0.2, 0.25) is 6.33 Å². The summed E-state index contributed by atoms with van der Waals surface area (Å²) in [5.41, 5.74) is 0.752. The van der Waals surface area contributed by atoms with Crippen LogP contribution < -0.4 is 4.74 Å². The second-order valence-electron chi connectivity index (χ2n) is 3.19. The van der Waals surface area contributed by atoms with E-state index in [1.54, 1.807) is 12.1 Å². The van der Waals surface area contributed by atoms with Crippen molar-refractivity contribution in [1.82, 2.24) is 10.1 Å². The van der Waals surface area contributed by atoms with E-state index >= 15 is 0 Å². The zero-order valence-corrected chi connectivity index (χ0v) is 9.49. The molecule has 1 aromatic carbocycles.